The molecule has 21 heavy (non-hydrogen) atoms. The minimum Gasteiger partial charge on any atom is -0.448 e. The summed E-state index contributed by atoms with van der Waals surface area (Å²) in [6.45, 7) is 2.39. The van der Waals surface area contributed by atoms with E-state index in [1.165, 1.54) is 44.9 Å². The Morgan fingerprint density at radius 2 is 2.10 bits per heavy atom. The maximum Gasteiger partial charge on any atom is 0.181 e. The smallest absolute Gasteiger partial charge is 0.181 e. The highest BCUT2D eigenvalue weighted by molar-refractivity contribution is 5.14. The molecule has 118 valence electrons. The summed E-state index contributed by atoms with van der Waals surface area (Å²) in [6.07, 6.45) is 11.4. The molecule has 0 aliphatic heterocycles. The van der Waals surface area contributed by atoms with Crippen LogP contribution in [0.3, 0.4) is 0 Å². The highest BCUT2D eigenvalue weighted by Crippen LogP contribution is 2.46. The molecule has 1 heterocycles. The first-order valence-electron chi connectivity index (χ1n) is 8.50. The summed E-state index contributed by atoms with van der Waals surface area (Å²) >= 11 is 0. The summed E-state index contributed by atoms with van der Waals surface area (Å²) in [6, 6.07) is 0. The van der Waals surface area contributed by atoms with E-state index in [-0.39, 0.29) is 0 Å². The molecule has 3 unspecified atom stereocenters. The molecule has 4 nitrogen and oxygen atoms in total. The molecule has 4 heteroatoms. The molecule has 0 aromatic carbocycles. The third-order valence-corrected chi connectivity index (χ3v) is 5.36. The van der Waals surface area contributed by atoms with Crippen LogP contribution in [0.25, 0.3) is 0 Å². The first-order valence-corrected chi connectivity index (χ1v) is 8.50. The van der Waals surface area contributed by atoms with Crippen molar-refractivity contribution in [2.24, 2.45) is 11.8 Å². The van der Waals surface area contributed by atoms with Gasteiger partial charge in [-0.15, -0.1) is 0 Å². The lowest BCUT2D eigenvalue weighted by molar-refractivity contribution is 0.147. The number of oxazole rings is 1. The lowest BCUT2D eigenvalue weighted by Gasteiger charge is -2.38. The van der Waals surface area contributed by atoms with Crippen molar-refractivity contribution in [3.8, 4) is 0 Å². The Hall–Kier alpha value is -0.870. The van der Waals surface area contributed by atoms with Gasteiger partial charge in [0, 0.05) is 26.1 Å². The Balaban J connectivity index is 1.58. The van der Waals surface area contributed by atoms with Gasteiger partial charge in [-0.25, -0.2) is 4.98 Å². The highest BCUT2D eigenvalue weighted by atomic mass is 16.5. The van der Waals surface area contributed by atoms with Crippen molar-refractivity contribution in [2.45, 2.75) is 57.4 Å². The van der Waals surface area contributed by atoms with E-state index in [1.54, 1.807) is 13.5 Å². The van der Waals surface area contributed by atoms with Crippen LogP contribution in [0, 0.1) is 11.8 Å². The lowest BCUT2D eigenvalue weighted by atomic mass is 9.67. The maximum atomic E-state index is 5.76. The summed E-state index contributed by atoms with van der Waals surface area (Å²) < 4.78 is 10.8. The van der Waals surface area contributed by atoms with Gasteiger partial charge in [-0.2, -0.15) is 0 Å². The van der Waals surface area contributed by atoms with Gasteiger partial charge in [0.2, 0.25) is 0 Å². The van der Waals surface area contributed by atoms with Gasteiger partial charge in [-0.05, 0) is 31.1 Å². The summed E-state index contributed by atoms with van der Waals surface area (Å²) in [7, 11) is 1.73. The number of rotatable bonds is 6. The van der Waals surface area contributed by atoms with Crippen molar-refractivity contribution in [1.29, 1.82) is 0 Å². The maximum absolute atomic E-state index is 5.76. The zero-order valence-electron chi connectivity index (χ0n) is 13.1. The van der Waals surface area contributed by atoms with Crippen molar-refractivity contribution in [3.63, 3.8) is 0 Å². The van der Waals surface area contributed by atoms with E-state index in [1.807, 2.05) is 0 Å². The second-order valence-corrected chi connectivity index (χ2v) is 6.65. The number of fused-ring (bicyclic) bond motifs is 1. The monoisotopic (exact) mass is 292 g/mol. The largest absolute Gasteiger partial charge is 0.448 e. The molecule has 1 aromatic heterocycles. The summed E-state index contributed by atoms with van der Waals surface area (Å²) in [5, 5.41) is 3.38. The van der Waals surface area contributed by atoms with Crippen LogP contribution in [0.5, 0.6) is 0 Å². The topological polar surface area (TPSA) is 47.3 Å². The fourth-order valence-corrected chi connectivity index (χ4v) is 4.24. The van der Waals surface area contributed by atoms with E-state index in [2.05, 4.69) is 10.3 Å². The minimum atomic E-state index is 0.589. The molecule has 2 aliphatic carbocycles. The molecule has 0 saturated heterocycles. The molecule has 2 aliphatic rings. The summed E-state index contributed by atoms with van der Waals surface area (Å²) in [5.41, 5.74) is 1.10. The van der Waals surface area contributed by atoms with Gasteiger partial charge >= 0.3 is 0 Å². The van der Waals surface area contributed by atoms with Gasteiger partial charge in [-0.1, -0.05) is 25.7 Å². The number of ether oxygens (including phenoxy) is 1. The Bertz CT molecular complexity index is 432. The van der Waals surface area contributed by atoms with Crippen molar-refractivity contribution in [3.05, 3.63) is 17.8 Å². The third kappa shape index (κ3) is 3.67. The van der Waals surface area contributed by atoms with Crippen LogP contribution in [0.1, 0.15) is 62.3 Å². The summed E-state index contributed by atoms with van der Waals surface area (Å²) in [4.78, 5) is 4.42. The second kappa shape index (κ2) is 7.41. The van der Waals surface area contributed by atoms with Crippen LogP contribution in [0.2, 0.25) is 0 Å². The predicted octanol–water partition coefficient (Wildman–Crippen LogP) is 3.48. The Morgan fingerprint density at radius 3 is 2.95 bits per heavy atom. The van der Waals surface area contributed by atoms with Crippen molar-refractivity contribution in [1.82, 2.24) is 10.3 Å². The van der Waals surface area contributed by atoms with Crippen molar-refractivity contribution < 1.29 is 9.15 Å². The van der Waals surface area contributed by atoms with E-state index < -0.39 is 0 Å². The van der Waals surface area contributed by atoms with Crippen LogP contribution in [-0.4, -0.2) is 25.2 Å². The molecular weight excluding hydrogens is 264 g/mol. The fraction of sp³-hybridized carbons (Fsp3) is 0.824. The second-order valence-electron chi connectivity index (χ2n) is 6.65. The first-order chi connectivity index (χ1) is 10.4. The van der Waals surface area contributed by atoms with Crippen LogP contribution in [0.4, 0.5) is 0 Å². The number of aromatic nitrogens is 1. The Morgan fingerprint density at radius 1 is 1.24 bits per heavy atom. The average molecular weight is 292 g/mol. The van der Waals surface area contributed by atoms with Gasteiger partial charge in [-0.3, -0.25) is 0 Å². The molecule has 0 amide bonds. The van der Waals surface area contributed by atoms with Crippen LogP contribution < -0.4 is 5.32 Å². The van der Waals surface area contributed by atoms with Crippen LogP contribution >= 0.6 is 0 Å². The molecule has 3 rings (SSSR count). The zero-order valence-corrected chi connectivity index (χ0v) is 13.1. The average Bonchev–Trinajstić information content (AvgIpc) is 2.99. The molecule has 2 fully saturated rings. The number of hydrogen-bond donors (Lipinski definition) is 1. The Labute approximate surface area is 127 Å². The van der Waals surface area contributed by atoms with Crippen molar-refractivity contribution >= 4 is 0 Å². The van der Waals surface area contributed by atoms with Gasteiger partial charge < -0.3 is 14.5 Å². The first kappa shape index (κ1) is 15.0. The molecule has 3 atom stereocenters. The molecule has 1 N–H and O–H groups in total. The molecule has 1 aromatic rings. The molecule has 0 bridgehead atoms. The van der Waals surface area contributed by atoms with Gasteiger partial charge in [0.15, 0.2) is 6.39 Å². The van der Waals surface area contributed by atoms with Gasteiger partial charge in [0.1, 0.15) is 5.76 Å². The van der Waals surface area contributed by atoms with E-state index in [0.717, 1.165) is 43.0 Å². The van der Waals surface area contributed by atoms with E-state index in [9.17, 15) is 0 Å². The fourth-order valence-electron chi connectivity index (χ4n) is 4.24. The van der Waals surface area contributed by atoms with Gasteiger partial charge in [0.05, 0.1) is 12.3 Å². The number of methoxy groups -OCH3 is 1. The minimum absolute atomic E-state index is 0.589. The predicted molar refractivity (Wildman–Crippen MR) is 82.1 cm³/mol. The molecule has 0 radical (unpaired) electrons. The van der Waals surface area contributed by atoms with Crippen LogP contribution in [0.15, 0.2) is 10.8 Å². The third-order valence-electron chi connectivity index (χ3n) is 5.36. The summed E-state index contributed by atoms with van der Waals surface area (Å²) in [5.74, 6) is 3.65. The normalized spacial score (nSPS) is 29.3. The number of nitrogens with zero attached hydrogens (tertiary/aromatic N) is 1. The molecule has 2 saturated carbocycles. The number of nitrogens with one attached hydrogen (secondary N) is 1. The molecule has 0 spiro atoms. The number of hydrogen-bond acceptors (Lipinski definition) is 4. The van der Waals surface area contributed by atoms with Crippen LogP contribution in [-0.2, 0) is 11.3 Å². The molecular formula is C17H28N2O2. The lowest BCUT2D eigenvalue weighted by Crippen LogP contribution is -2.27. The SMILES string of the molecule is COCCNCc1ncoc1C1CCC2CCCCC2C1. The van der Waals surface area contributed by atoms with Crippen molar-refractivity contribution in [2.75, 3.05) is 20.3 Å². The van der Waals surface area contributed by atoms with E-state index >= 15 is 0 Å². The standard InChI is InChI=1S/C17H28N2O2/c1-20-9-8-18-11-16-17(21-12-19-16)15-7-6-13-4-2-3-5-14(13)10-15/h12-15,18H,2-11H2,1H3. The van der Waals surface area contributed by atoms with E-state index in [0.29, 0.717) is 5.92 Å². The Kier molecular flexibility index (Phi) is 5.31. The zero-order chi connectivity index (χ0) is 14.5. The van der Waals surface area contributed by atoms with E-state index in [4.69, 9.17) is 9.15 Å². The highest BCUT2D eigenvalue weighted by Gasteiger charge is 2.34. The quantitative estimate of drug-likeness (QED) is 0.815. The van der Waals surface area contributed by atoms with Gasteiger partial charge in [0.25, 0.3) is 0 Å².